The Kier molecular flexibility index (Phi) is 3.51. The molecule has 0 aliphatic heterocycles. The molecule has 0 spiro atoms. The Hall–Kier alpha value is -1.64. The summed E-state index contributed by atoms with van der Waals surface area (Å²) >= 11 is 7.18. The van der Waals surface area contributed by atoms with Crippen molar-refractivity contribution in [1.29, 1.82) is 0 Å². The molecule has 22 heavy (non-hydrogen) atoms. The van der Waals surface area contributed by atoms with Crippen LogP contribution < -0.4 is 0 Å². The monoisotopic (exact) mass is 410 g/mol. The first-order valence-electron chi connectivity index (χ1n) is 7.10. The molecule has 0 aromatic heterocycles. The lowest BCUT2D eigenvalue weighted by Gasteiger charge is -2.12. The second-order valence-electron chi connectivity index (χ2n) is 5.32. The Bertz CT molecular complexity index is 949. The van der Waals surface area contributed by atoms with Crippen LogP contribution in [-0.4, -0.2) is 0 Å². The number of hydrogen-bond acceptors (Lipinski definition) is 0. The minimum Gasteiger partial charge on any atom is -0.0616 e. The van der Waals surface area contributed by atoms with E-state index in [2.05, 4.69) is 105 Å². The van der Waals surface area contributed by atoms with Gasteiger partial charge in [0.15, 0.2) is 0 Å². The maximum absolute atomic E-state index is 3.62. The zero-order valence-corrected chi connectivity index (χ0v) is 14.9. The molecule has 4 aromatic carbocycles. The third-order valence-electron chi connectivity index (χ3n) is 3.98. The first kappa shape index (κ1) is 14.0. The maximum atomic E-state index is 3.62. The summed E-state index contributed by atoms with van der Waals surface area (Å²) in [6, 6.07) is 25.9. The highest BCUT2D eigenvalue weighted by atomic mass is 79.9. The quantitative estimate of drug-likeness (QED) is 0.291. The van der Waals surface area contributed by atoms with E-state index < -0.39 is 0 Å². The molecule has 0 amide bonds. The molecule has 0 aliphatic carbocycles. The third-order valence-corrected chi connectivity index (χ3v) is 5.86. The third kappa shape index (κ3) is 2.27. The molecular weight excluding hydrogens is 400 g/mol. The molecule has 0 unspecified atom stereocenters. The van der Waals surface area contributed by atoms with Crippen molar-refractivity contribution in [3.63, 3.8) is 0 Å². The molecule has 0 N–H and O–H groups in total. The van der Waals surface area contributed by atoms with Gasteiger partial charge in [0.25, 0.3) is 0 Å². The molecule has 0 atom stereocenters. The molecule has 0 aliphatic rings. The Balaban J connectivity index is 2.18. The van der Waals surface area contributed by atoms with E-state index in [-0.39, 0.29) is 0 Å². The molecule has 0 saturated heterocycles. The van der Waals surface area contributed by atoms with Crippen LogP contribution in [0, 0.1) is 0 Å². The van der Waals surface area contributed by atoms with Crippen LogP contribution in [0.25, 0.3) is 32.7 Å². The molecular formula is C20H12Br2. The Morgan fingerprint density at radius 1 is 0.545 bits per heavy atom. The highest BCUT2D eigenvalue weighted by Gasteiger charge is 2.10. The zero-order valence-electron chi connectivity index (χ0n) is 11.7. The molecule has 4 aromatic rings. The van der Waals surface area contributed by atoms with Gasteiger partial charge in [-0.15, -0.1) is 0 Å². The van der Waals surface area contributed by atoms with Crippen molar-refractivity contribution in [2.24, 2.45) is 0 Å². The number of halogens is 2. The number of hydrogen-bond donors (Lipinski definition) is 0. The minimum absolute atomic E-state index is 1.07. The van der Waals surface area contributed by atoms with Crippen molar-refractivity contribution in [3.8, 4) is 11.1 Å². The average molecular weight is 412 g/mol. The van der Waals surface area contributed by atoms with Gasteiger partial charge in [-0.05, 0) is 82.7 Å². The van der Waals surface area contributed by atoms with Crippen LogP contribution in [0.2, 0.25) is 0 Å². The normalized spacial score (nSPS) is 11.2. The van der Waals surface area contributed by atoms with Crippen molar-refractivity contribution < 1.29 is 0 Å². The van der Waals surface area contributed by atoms with E-state index in [1.54, 1.807) is 0 Å². The second-order valence-corrected chi connectivity index (χ2v) is 7.03. The summed E-state index contributed by atoms with van der Waals surface area (Å²) in [6.07, 6.45) is 0. The van der Waals surface area contributed by atoms with E-state index in [0.29, 0.717) is 0 Å². The van der Waals surface area contributed by atoms with Crippen LogP contribution in [0.15, 0.2) is 81.7 Å². The van der Waals surface area contributed by atoms with Crippen LogP contribution >= 0.6 is 31.9 Å². The van der Waals surface area contributed by atoms with Crippen LogP contribution in [0.3, 0.4) is 0 Å². The summed E-state index contributed by atoms with van der Waals surface area (Å²) in [4.78, 5) is 0. The topological polar surface area (TPSA) is 0 Å². The lowest BCUT2D eigenvalue weighted by Crippen LogP contribution is -1.86. The smallest absolute Gasteiger partial charge is 0.0323 e. The standard InChI is InChI=1S/C20H12Br2/c21-18-10-9-15(12-19(18)22)20-16-7-3-1-5-13(16)11-14-6-2-4-8-17(14)20/h1-12H. The molecule has 0 fully saturated rings. The fourth-order valence-electron chi connectivity index (χ4n) is 2.98. The first-order chi connectivity index (χ1) is 10.7. The van der Waals surface area contributed by atoms with Crippen molar-refractivity contribution >= 4 is 53.4 Å². The van der Waals surface area contributed by atoms with Gasteiger partial charge in [0, 0.05) is 8.95 Å². The molecule has 2 heteroatoms. The Morgan fingerprint density at radius 2 is 1.14 bits per heavy atom. The molecule has 0 nitrogen and oxygen atoms in total. The Labute approximate surface area is 146 Å². The van der Waals surface area contributed by atoms with Crippen LogP contribution in [0.5, 0.6) is 0 Å². The van der Waals surface area contributed by atoms with Gasteiger partial charge in [-0.2, -0.15) is 0 Å². The summed E-state index contributed by atoms with van der Waals surface area (Å²) in [6.45, 7) is 0. The summed E-state index contributed by atoms with van der Waals surface area (Å²) in [5.74, 6) is 0. The number of rotatable bonds is 1. The number of fused-ring (bicyclic) bond motifs is 2. The molecule has 0 bridgehead atoms. The predicted octanol–water partition coefficient (Wildman–Crippen LogP) is 7.19. The van der Waals surface area contributed by atoms with Crippen molar-refractivity contribution in [1.82, 2.24) is 0 Å². The van der Waals surface area contributed by atoms with Crippen LogP contribution in [-0.2, 0) is 0 Å². The summed E-state index contributed by atoms with van der Waals surface area (Å²) in [5, 5.41) is 5.12. The van der Waals surface area contributed by atoms with Crippen LogP contribution in [0.4, 0.5) is 0 Å². The summed E-state index contributed by atoms with van der Waals surface area (Å²) in [5.41, 5.74) is 2.52. The van der Waals surface area contributed by atoms with E-state index in [0.717, 1.165) is 8.95 Å². The van der Waals surface area contributed by atoms with E-state index in [1.165, 1.54) is 32.7 Å². The lowest BCUT2D eigenvalue weighted by molar-refractivity contribution is 1.58. The van der Waals surface area contributed by atoms with E-state index >= 15 is 0 Å². The summed E-state index contributed by atoms with van der Waals surface area (Å²) < 4.78 is 2.14. The lowest BCUT2D eigenvalue weighted by atomic mass is 9.92. The van der Waals surface area contributed by atoms with Gasteiger partial charge in [-0.25, -0.2) is 0 Å². The zero-order chi connectivity index (χ0) is 15.1. The van der Waals surface area contributed by atoms with Gasteiger partial charge in [-0.1, -0.05) is 54.6 Å². The number of benzene rings is 4. The highest BCUT2D eigenvalue weighted by Crippen LogP contribution is 2.38. The highest BCUT2D eigenvalue weighted by molar-refractivity contribution is 9.13. The fraction of sp³-hybridized carbons (Fsp3) is 0. The van der Waals surface area contributed by atoms with Gasteiger partial charge in [0.1, 0.15) is 0 Å². The van der Waals surface area contributed by atoms with E-state index in [9.17, 15) is 0 Å². The predicted molar refractivity (Wildman–Crippen MR) is 102 cm³/mol. The van der Waals surface area contributed by atoms with Gasteiger partial charge < -0.3 is 0 Å². The van der Waals surface area contributed by atoms with Gasteiger partial charge >= 0.3 is 0 Å². The molecule has 0 radical (unpaired) electrons. The SMILES string of the molecule is Brc1ccc(-c2c3ccccc3cc3ccccc23)cc1Br. The first-order valence-corrected chi connectivity index (χ1v) is 8.68. The van der Waals surface area contributed by atoms with Gasteiger partial charge in [0.2, 0.25) is 0 Å². The second kappa shape index (κ2) is 5.53. The molecule has 0 saturated carbocycles. The Morgan fingerprint density at radius 3 is 1.73 bits per heavy atom. The molecule has 106 valence electrons. The van der Waals surface area contributed by atoms with Crippen molar-refractivity contribution in [3.05, 3.63) is 81.7 Å². The van der Waals surface area contributed by atoms with Crippen LogP contribution in [0.1, 0.15) is 0 Å². The summed E-state index contributed by atoms with van der Waals surface area (Å²) in [7, 11) is 0. The fourth-order valence-corrected chi connectivity index (χ4v) is 3.60. The maximum Gasteiger partial charge on any atom is 0.0323 e. The minimum atomic E-state index is 1.07. The molecule has 4 rings (SSSR count). The van der Waals surface area contributed by atoms with Crippen molar-refractivity contribution in [2.75, 3.05) is 0 Å². The molecule has 0 heterocycles. The van der Waals surface area contributed by atoms with Crippen molar-refractivity contribution in [2.45, 2.75) is 0 Å². The van der Waals surface area contributed by atoms with E-state index in [1.807, 2.05) is 0 Å². The largest absolute Gasteiger partial charge is 0.0616 e. The van der Waals surface area contributed by atoms with Gasteiger partial charge in [0.05, 0.1) is 0 Å². The average Bonchev–Trinajstić information content (AvgIpc) is 2.55. The van der Waals surface area contributed by atoms with Gasteiger partial charge in [-0.3, -0.25) is 0 Å². The van der Waals surface area contributed by atoms with E-state index in [4.69, 9.17) is 0 Å².